The van der Waals surface area contributed by atoms with Gasteiger partial charge in [-0.25, -0.2) is 0 Å². The van der Waals surface area contributed by atoms with E-state index in [2.05, 4.69) is 21.9 Å². The third-order valence-electron chi connectivity index (χ3n) is 5.96. The van der Waals surface area contributed by atoms with Gasteiger partial charge in [0, 0.05) is 24.9 Å². The van der Waals surface area contributed by atoms with Crippen molar-refractivity contribution in [1.82, 2.24) is 15.8 Å². The molecule has 2 fully saturated rings. The van der Waals surface area contributed by atoms with Gasteiger partial charge in [0.05, 0.1) is 5.69 Å². The van der Waals surface area contributed by atoms with Crippen LogP contribution in [0.15, 0.2) is 10.6 Å². The van der Waals surface area contributed by atoms with Crippen LogP contribution in [0.1, 0.15) is 70.2 Å². The SMILES string of the molecule is CC(C)NC(=O)C[C@@H]1CCNC[C@@H]1Cc1cc(CC2CCCCC2)on1. The minimum absolute atomic E-state index is 0.176. The summed E-state index contributed by atoms with van der Waals surface area (Å²) < 4.78 is 5.63. The van der Waals surface area contributed by atoms with E-state index in [9.17, 15) is 4.79 Å². The Morgan fingerprint density at radius 3 is 2.81 bits per heavy atom. The molecule has 0 spiro atoms. The van der Waals surface area contributed by atoms with Gasteiger partial charge in [-0.05, 0) is 57.5 Å². The first kappa shape index (κ1) is 19.4. The number of nitrogens with zero attached hydrogens (tertiary/aromatic N) is 1. The van der Waals surface area contributed by atoms with Crippen LogP contribution in [0.4, 0.5) is 0 Å². The van der Waals surface area contributed by atoms with Crippen LogP contribution in [-0.4, -0.2) is 30.2 Å². The molecular formula is C21H35N3O2. The normalized spacial score (nSPS) is 24.7. The van der Waals surface area contributed by atoms with E-state index in [0.29, 0.717) is 18.3 Å². The van der Waals surface area contributed by atoms with Crippen molar-refractivity contribution in [3.05, 3.63) is 17.5 Å². The van der Waals surface area contributed by atoms with Crippen molar-refractivity contribution in [2.24, 2.45) is 17.8 Å². The van der Waals surface area contributed by atoms with Gasteiger partial charge in [-0.3, -0.25) is 4.79 Å². The molecule has 0 unspecified atom stereocenters. The van der Waals surface area contributed by atoms with Crippen molar-refractivity contribution >= 4 is 5.91 Å². The van der Waals surface area contributed by atoms with Gasteiger partial charge in [-0.1, -0.05) is 37.3 Å². The third kappa shape index (κ3) is 5.83. The largest absolute Gasteiger partial charge is 0.361 e. The summed E-state index contributed by atoms with van der Waals surface area (Å²) in [6, 6.07) is 2.37. The Balaban J connectivity index is 1.53. The monoisotopic (exact) mass is 361 g/mol. The molecule has 2 N–H and O–H groups in total. The van der Waals surface area contributed by atoms with Crippen LogP contribution in [0.3, 0.4) is 0 Å². The molecule has 2 heterocycles. The summed E-state index contributed by atoms with van der Waals surface area (Å²) in [7, 11) is 0. The van der Waals surface area contributed by atoms with Crippen LogP contribution in [0.25, 0.3) is 0 Å². The van der Waals surface area contributed by atoms with Crippen LogP contribution in [-0.2, 0) is 17.6 Å². The van der Waals surface area contributed by atoms with Gasteiger partial charge in [0.15, 0.2) is 0 Å². The van der Waals surface area contributed by atoms with Crippen LogP contribution in [0, 0.1) is 17.8 Å². The van der Waals surface area contributed by atoms with Crippen LogP contribution in [0.5, 0.6) is 0 Å². The zero-order valence-electron chi connectivity index (χ0n) is 16.4. The number of carbonyl (C=O) groups excluding carboxylic acids is 1. The Bertz CT molecular complexity index is 563. The molecule has 1 saturated heterocycles. The first-order valence-corrected chi connectivity index (χ1v) is 10.5. The zero-order valence-corrected chi connectivity index (χ0v) is 16.4. The Morgan fingerprint density at radius 2 is 2.04 bits per heavy atom. The van der Waals surface area contributed by atoms with E-state index in [1.807, 2.05) is 13.8 Å². The molecule has 1 aromatic heterocycles. The summed E-state index contributed by atoms with van der Waals surface area (Å²) >= 11 is 0. The molecule has 2 atom stereocenters. The highest BCUT2D eigenvalue weighted by Crippen LogP contribution is 2.29. The van der Waals surface area contributed by atoms with Crippen molar-refractivity contribution < 1.29 is 9.32 Å². The van der Waals surface area contributed by atoms with Crippen LogP contribution in [0.2, 0.25) is 0 Å². The maximum atomic E-state index is 12.2. The molecule has 5 nitrogen and oxygen atoms in total. The summed E-state index contributed by atoms with van der Waals surface area (Å²) in [5.74, 6) is 2.87. The molecule has 26 heavy (non-hydrogen) atoms. The number of hydrogen-bond donors (Lipinski definition) is 2. The van der Waals surface area contributed by atoms with Crippen molar-refractivity contribution in [3.8, 4) is 0 Å². The number of aromatic nitrogens is 1. The summed E-state index contributed by atoms with van der Waals surface area (Å²) in [5.41, 5.74) is 1.05. The standard InChI is InChI=1S/C21H35N3O2/c1-15(2)23-21(25)12-17-8-9-22-14-18(17)11-19-13-20(26-24-19)10-16-6-4-3-5-7-16/h13,15-18,22H,3-12,14H2,1-2H3,(H,23,25)/t17-,18-/m0/s1. The van der Waals surface area contributed by atoms with E-state index in [0.717, 1.165) is 49.7 Å². The maximum Gasteiger partial charge on any atom is 0.220 e. The van der Waals surface area contributed by atoms with Gasteiger partial charge < -0.3 is 15.2 Å². The predicted octanol–water partition coefficient (Wildman–Crippen LogP) is 3.48. The molecule has 2 aliphatic rings. The molecular weight excluding hydrogens is 326 g/mol. The lowest BCUT2D eigenvalue weighted by molar-refractivity contribution is -0.123. The fourth-order valence-corrected chi connectivity index (χ4v) is 4.60. The third-order valence-corrected chi connectivity index (χ3v) is 5.96. The quantitative estimate of drug-likeness (QED) is 0.780. The number of piperidine rings is 1. The van der Waals surface area contributed by atoms with E-state index in [4.69, 9.17) is 4.52 Å². The Hall–Kier alpha value is -1.36. The van der Waals surface area contributed by atoms with Gasteiger partial charge in [-0.2, -0.15) is 0 Å². The van der Waals surface area contributed by atoms with E-state index in [1.54, 1.807) is 0 Å². The van der Waals surface area contributed by atoms with Crippen LogP contribution < -0.4 is 10.6 Å². The van der Waals surface area contributed by atoms with E-state index in [-0.39, 0.29) is 11.9 Å². The fraction of sp³-hybridized carbons (Fsp3) is 0.810. The zero-order chi connectivity index (χ0) is 18.4. The number of rotatable bonds is 7. The Morgan fingerprint density at radius 1 is 1.23 bits per heavy atom. The average molecular weight is 362 g/mol. The van der Waals surface area contributed by atoms with Gasteiger partial charge in [0.25, 0.3) is 0 Å². The second-order valence-electron chi connectivity index (χ2n) is 8.64. The lowest BCUT2D eigenvalue weighted by atomic mass is 9.81. The maximum absolute atomic E-state index is 12.2. The first-order chi connectivity index (χ1) is 12.6. The number of carbonyl (C=O) groups is 1. The Kier molecular flexibility index (Phi) is 7.12. The highest BCUT2D eigenvalue weighted by atomic mass is 16.5. The smallest absolute Gasteiger partial charge is 0.220 e. The predicted molar refractivity (Wildman–Crippen MR) is 103 cm³/mol. The highest BCUT2D eigenvalue weighted by molar-refractivity contribution is 5.76. The summed E-state index contributed by atoms with van der Waals surface area (Å²) in [4.78, 5) is 12.2. The van der Waals surface area contributed by atoms with E-state index in [1.165, 1.54) is 32.1 Å². The molecule has 0 aromatic carbocycles. The van der Waals surface area contributed by atoms with Crippen molar-refractivity contribution in [3.63, 3.8) is 0 Å². The number of nitrogens with one attached hydrogen (secondary N) is 2. The summed E-state index contributed by atoms with van der Waals surface area (Å²) in [5, 5.41) is 10.8. The molecule has 1 aliphatic carbocycles. The molecule has 1 saturated carbocycles. The molecule has 3 rings (SSSR count). The number of hydrogen-bond acceptors (Lipinski definition) is 4. The molecule has 1 amide bonds. The highest BCUT2D eigenvalue weighted by Gasteiger charge is 2.28. The Labute approximate surface area is 157 Å². The fourth-order valence-electron chi connectivity index (χ4n) is 4.60. The first-order valence-electron chi connectivity index (χ1n) is 10.5. The van der Waals surface area contributed by atoms with Crippen molar-refractivity contribution in [2.45, 2.75) is 77.7 Å². The molecule has 1 aromatic rings. The van der Waals surface area contributed by atoms with Crippen molar-refractivity contribution in [1.29, 1.82) is 0 Å². The van der Waals surface area contributed by atoms with Gasteiger partial charge in [-0.15, -0.1) is 0 Å². The van der Waals surface area contributed by atoms with Gasteiger partial charge >= 0.3 is 0 Å². The average Bonchev–Trinajstić information content (AvgIpc) is 3.04. The molecule has 1 aliphatic heterocycles. The molecule has 0 bridgehead atoms. The second kappa shape index (κ2) is 9.54. The molecule has 146 valence electrons. The lowest BCUT2D eigenvalue weighted by Crippen LogP contribution is -2.41. The summed E-state index contributed by atoms with van der Waals surface area (Å²) in [6.07, 6.45) is 10.4. The molecule has 0 radical (unpaired) electrons. The summed E-state index contributed by atoms with van der Waals surface area (Å²) in [6.45, 7) is 5.99. The lowest BCUT2D eigenvalue weighted by Gasteiger charge is -2.31. The van der Waals surface area contributed by atoms with E-state index < -0.39 is 0 Å². The molecule has 5 heteroatoms. The van der Waals surface area contributed by atoms with E-state index >= 15 is 0 Å². The minimum atomic E-state index is 0.176. The number of amides is 1. The minimum Gasteiger partial charge on any atom is -0.361 e. The second-order valence-corrected chi connectivity index (χ2v) is 8.64. The van der Waals surface area contributed by atoms with Gasteiger partial charge in [0.1, 0.15) is 5.76 Å². The topological polar surface area (TPSA) is 67.2 Å². The van der Waals surface area contributed by atoms with Gasteiger partial charge in [0.2, 0.25) is 5.91 Å². The van der Waals surface area contributed by atoms with Crippen LogP contribution >= 0.6 is 0 Å². The van der Waals surface area contributed by atoms with Crippen molar-refractivity contribution in [2.75, 3.05) is 13.1 Å².